The standard InChI is InChI=1S/C36H45ClN2O6/c1-5-7-17-38(3)33(41)20-36(43,34(42)44-4)26-11-15-32-30(19-26)39(21-25-10-13-28(25)31(40)6-2)22-35(23-45-32)16-8-9-24-18-27(37)12-14-29(24)35/h5-6,11-12,14-15,18-19,25,28,31,40,43H,1-2,7-10,13,16-17,20-23H2,3-4H3/t25-,28+,31-,35-,36?/m0/s1. The van der Waals surface area contributed by atoms with Crippen molar-refractivity contribution in [1.29, 1.82) is 0 Å². The maximum Gasteiger partial charge on any atom is 0.343 e. The number of fused-ring (bicyclic) bond motifs is 3. The van der Waals surface area contributed by atoms with Gasteiger partial charge < -0.3 is 29.5 Å². The molecule has 9 heteroatoms. The van der Waals surface area contributed by atoms with Gasteiger partial charge >= 0.3 is 5.97 Å². The molecule has 242 valence electrons. The number of carbonyl (C=O) groups excluding carboxylic acids is 2. The number of amides is 1. The van der Waals surface area contributed by atoms with Gasteiger partial charge in [-0.25, -0.2) is 4.79 Å². The van der Waals surface area contributed by atoms with Gasteiger partial charge in [0, 0.05) is 37.1 Å². The lowest BCUT2D eigenvalue weighted by atomic mass is 9.68. The molecule has 2 aliphatic carbocycles. The van der Waals surface area contributed by atoms with E-state index in [4.69, 9.17) is 21.1 Å². The first kappa shape index (κ1) is 33.0. The number of hydrogen-bond donors (Lipinski definition) is 2. The van der Waals surface area contributed by atoms with Gasteiger partial charge in [-0.15, -0.1) is 13.2 Å². The maximum atomic E-state index is 13.2. The van der Waals surface area contributed by atoms with Gasteiger partial charge in [0.25, 0.3) is 0 Å². The summed E-state index contributed by atoms with van der Waals surface area (Å²) in [5.41, 5.74) is 0.939. The number of nitrogens with zero attached hydrogens (tertiary/aromatic N) is 2. The third-order valence-electron chi connectivity index (χ3n) is 10.2. The van der Waals surface area contributed by atoms with Crippen LogP contribution in [0.4, 0.5) is 5.69 Å². The van der Waals surface area contributed by atoms with Crippen LogP contribution in [0.2, 0.25) is 5.02 Å². The Kier molecular flexibility index (Phi) is 9.97. The fourth-order valence-electron chi connectivity index (χ4n) is 7.32. The Morgan fingerprint density at radius 2 is 2.07 bits per heavy atom. The third kappa shape index (κ3) is 6.51. The molecule has 1 unspecified atom stereocenters. The van der Waals surface area contributed by atoms with Crippen molar-refractivity contribution in [2.24, 2.45) is 11.8 Å². The van der Waals surface area contributed by atoms with Gasteiger partial charge in [-0.2, -0.15) is 0 Å². The van der Waals surface area contributed by atoms with E-state index in [0.717, 1.165) is 37.8 Å². The van der Waals surface area contributed by atoms with E-state index >= 15 is 0 Å². The Labute approximate surface area is 271 Å². The number of aliphatic hydroxyl groups excluding tert-OH is 1. The molecule has 0 saturated heterocycles. The SMILES string of the molecule is C=CCCN(C)C(=O)CC(O)(C(=O)OC)c1ccc2c(c1)N(C[C@@H]1CC[C@H]1[C@@H](O)C=C)C[C@@]1(CCCc3cc(Cl)ccc31)CO2. The molecule has 2 N–H and O–H groups in total. The minimum atomic E-state index is -2.20. The van der Waals surface area contributed by atoms with Crippen molar-refractivity contribution in [2.45, 2.75) is 62.1 Å². The summed E-state index contributed by atoms with van der Waals surface area (Å²) in [7, 11) is 2.84. The molecule has 0 radical (unpaired) electrons. The zero-order valence-corrected chi connectivity index (χ0v) is 27.1. The first-order chi connectivity index (χ1) is 21.5. The summed E-state index contributed by atoms with van der Waals surface area (Å²) in [5, 5.41) is 23.2. The van der Waals surface area contributed by atoms with Crippen LogP contribution >= 0.6 is 11.6 Å². The Morgan fingerprint density at radius 1 is 1.27 bits per heavy atom. The van der Waals surface area contributed by atoms with Crippen LogP contribution in [-0.2, 0) is 31.8 Å². The third-order valence-corrected chi connectivity index (χ3v) is 10.4. The monoisotopic (exact) mass is 636 g/mol. The summed E-state index contributed by atoms with van der Waals surface area (Å²) < 4.78 is 11.6. The summed E-state index contributed by atoms with van der Waals surface area (Å²) in [5.74, 6) is -0.338. The van der Waals surface area contributed by atoms with Crippen molar-refractivity contribution >= 4 is 29.2 Å². The number of hydrogen-bond acceptors (Lipinski definition) is 7. The highest BCUT2D eigenvalue weighted by molar-refractivity contribution is 6.30. The fraction of sp³-hybridized carbons (Fsp3) is 0.500. The highest BCUT2D eigenvalue weighted by Gasteiger charge is 2.46. The number of rotatable bonds is 11. The van der Waals surface area contributed by atoms with E-state index in [9.17, 15) is 19.8 Å². The summed E-state index contributed by atoms with van der Waals surface area (Å²) in [6, 6.07) is 11.3. The summed E-state index contributed by atoms with van der Waals surface area (Å²) in [6.07, 6.45) is 7.62. The largest absolute Gasteiger partial charge is 0.490 e. The van der Waals surface area contributed by atoms with E-state index < -0.39 is 24.1 Å². The molecule has 1 fully saturated rings. The number of esters is 1. The van der Waals surface area contributed by atoms with Crippen LogP contribution in [0.3, 0.4) is 0 Å². The van der Waals surface area contributed by atoms with Crippen molar-refractivity contribution < 1.29 is 29.3 Å². The van der Waals surface area contributed by atoms with Crippen LogP contribution in [0.15, 0.2) is 61.7 Å². The Balaban J connectivity index is 1.55. The van der Waals surface area contributed by atoms with Gasteiger partial charge in [0.15, 0.2) is 5.60 Å². The van der Waals surface area contributed by atoms with Crippen molar-refractivity contribution in [2.75, 3.05) is 45.3 Å². The summed E-state index contributed by atoms with van der Waals surface area (Å²) in [6.45, 7) is 9.69. The lowest BCUT2D eigenvalue weighted by Gasteiger charge is -2.45. The molecule has 1 spiro atoms. The molecule has 45 heavy (non-hydrogen) atoms. The van der Waals surface area contributed by atoms with Gasteiger partial charge in [-0.05, 0) is 91.3 Å². The number of halogens is 1. The number of ether oxygens (including phenoxy) is 2. The zero-order chi connectivity index (χ0) is 32.4. The molecule has 5 atom stereocenters. The van der Waals surface area contributed by atoms with Crippen LogP contribution in [0, 0.1) is 11.8 Å². The molecule has 2 aromatic rings. The Bertz CT molecular complexity index is 1450. The molecule has 0 aromatic heterocycles. The average molecular weight is 637 g/mol. The van der Waals surface area contributed by atoms with Crippen LogP contribution in [0.1, 0.15) is 55.2 Å². The van der Waals surface area contributed by atoms with Crippen molar-refractivity contribution in [3.8, 4) is 5.75 Å². The molecule has 0 bridgehead atoms. The molecule has 1 heterocycles. The highest BCUT2D eigenvalue weighted by atomic mass is 35.5. The Morgan fingerprint density at radius 3 is 2.76 bits per heavy atom. The van der Waals surface area contributed by atoms with E-state index in [2.05, 4.69) is 30.2 Å². The van der Waals surface area contributed by atoms with Gasteiger partial charge in [-0.1, -0.05) is 35.9 Å². The predicted molar refractivity (Wildman–Crippen MR) is 176 cm³/mol. The predicted octanol–water partition coefficient (Wildman–Crippen LogP) is 5.17. The molecule has 3 aliphatic rings. The van der Waals surface area contributed by atoms with E-state index in [0.29, 0.717) is 43.4 Å². The number of aliphatic hydroxyl groups is 2. The number of benzene rings is 2. The van der Waals surface area contributed by atoms with Crippen molar-refractivity contribution in [3.05, 3.63) is 83.4 Å². The molecule has 2 aromatic carbocycles. The van der Waals surface area contributed by atoms with Crippen LogP contribution in [0.5, 0.6) is 5.75 Å². The number of methoxy groups -OCH3 is 1. The van der Waals surface area contributed by atoms with Crippen LogP contribution < -0.4 is 9.64 Å². The maximum absolute atomic E-state index is 13.2. The topological polar surface area (TPSA) is 99.5 Å². The van der Waals surface area contributed by atoms with Gasteiger partial charge in [0.2, 0.25) is 5.91 Å². The van der Waals surface area contributed by atoms with Gasteiger partial charge in [-0.3, -0.25) is 4.79 Å². The molecular formula is C36H45ClN2O6. The van der Waals surface area contributed by atoms with Gasteiger partial charge in [0.05, 0.1) is 31.9 Å². The lowest BCUT2D eigenvalue weighted by molar-refractivity contribution is -0.168. The van der Waals surface area contributed by atoms with E-state index in [1.165, 1.54) is 23.1 Å². The molecular weight excluding hydrogens is 592 g/mol. The number of carbonyl (C=O) groups is 2. The van der Waals surface area contributed by atoms with Crippen molar-refractivity contribution in [1.82, 2.24) is 4.90 Å². The lowest BCUT2D eigenvalue weighted by Crippen LogP contribution is -2.49. The average Bonchev–Trinajstić information content (AvgIpc) is 3.17. The van der Waals surface area contributed by atoms with Crippen LogP contribution in [-0.4, -0.2) is 73.5 Å². The Hall–Kier alpha value is -3.33. The van der Waals surface area contributed by atoms with E-state index in [1.54, 1.807) is 37.4 Å². The quantitative estimate of drug-likeness (QED) is 0.259. The smallest absolute Gasteiger partial charge is 0.343 e. The minimum absolute atomic E-state index is 0.0995. The second-order valence-corrected chi connectivity index (χ2v) is 13.4. The van der Waals surface area contributed by atoms with Crippen LogP contribution in [0.25, 0.3) is 0 Å². The highest BCUT2D eigenvalue weighted by Crippen LogP contribution is 2.47. The summed E-state index contributed by atoms with van der Waals surface area (Å²) >= 11 is 6.40. The molecule has 1 saturated carbocycles. The first-order valence-corrected chi connectivity index (χ1v) is 16.2. The molecule has 1 amide bonds. The van der Waals surface area contributed by atoms with E-state index in [-0.39, 0.29) is 28.7 Å². The molecule has 8 nitrogen and oxygen atoms in total. The number of aryl methyl sites for hydroxylation is 1. The molecule has 5 rings (SSSR count). The second-order valence-electron chi connectivity index (χ2n) is 12.9. The summed E-state index contributed by atoms with van der Waals surface area (Å²) in [4.78, 5) is 30.1. The minimum Gasteiger partial charge on any atom is -0.490 e. The molecule has 1 aliphatic heterocycles. The zero-order valence-electron chi connectivity index (χ0n) is 26.3. The first-order valence-electron chi connectivity index (χ1n) is 15.8. The second kappa shape index (κ2) is 13.6. The fourth-order valence-corrected chi connectivity index (χ4v) is 7.52. The van der Waals surface area contributed by atoms with E-state index in [1.807, 2.05) is 6.07 Å². The van der Waals surface area contributed by atoms with Gasteiger partial charge in [0.1, 0.15) is 5.75 Å². The van der Waals surface area contributed by atoms with Crippen molar-refractivity contribution in [3.63, 3.8) is 0 Å². The normalized spacial score (nSPS) is 24.1. The number of anilines is 1.